The molecule has 3 rings (SSSR count). The second kappa shape index (κ2) is 5.06. The molecule has 0 amide bonds. The zero-order valence-corrected chi connectivity index (χ0v) is 11.7. The lowest BCUT2D eigenvalue weighted by molar-refractivity contribution is 0.628. The Labute approximate surface area is 120 Å². The average molecular weight is 284 g/mol. The van der Waals surface area contributed by atoms with Gasteiger partial charge in [-0.05, 0) is 24.6 Å². The van der Waals surface area contributed by atoms with Crippen LogP contribution in [0.3, 0.4) is 0 Å². The molecule has 0 atom stereocenters. The van der Waals surface area contributed by atoms with Gasteiger partial charge in [0.25, 0.3) is 0 Å². The molecule has 3 aromatic rings. The number of aryl methyl sites for hydroxylation is 1. The predicted octanol–water partition coefficient (Wildman–Crippen LogP) is 4.51. The van der Waals surface area contributed by atoms with E-state index in [2.05, 4.69) is 4.98 Å². The van der Waals surface area contributed by atoms with Crippen LogP contribution < -0.4 is 5.73 Å². The molecular formula is C16H13FN2S. The largest absolute Gasteiger partial charge is 0.375 e. The third-order valence-electron chi connectivity index (χ3n) is 3.06. The lowest BCUT2D eigenvalue weighted by Gasteiger charge is -2.03. The monoisotopic (exact) mass is 284 g/mol. The SMILES string of the molecule is Cc1ccc(-c2nc(N)sc2-c2cccc(F)c2)cc1. The van der Waals surface area contributed by atoms with Gasteiger partial charge in [0.05, 0.1) is 10.6 Å². The molecule has 0 unspecified atom stereocenters. The summed E-state index contributed by atoms with van der Waals surface area (Å²) in [7, 11) is 0. The van der Waals surface area contributed by atoms with Crippen molar-refractivity contribution in [2.45, 2.75) is 6.92 Å². The Bertz CT molecular complexity index is 747. The van der Waals surface area contributed by atoms with E-state index >= 15 is 0 Å². The molecule has 2 nitrogen and oxygen atoms in total. The highest BCUT2D eigenvalue weighted by Crippen LogP contribution is 2.38. The van der Waals surface area contributed by atoms with Crippen molar-refractivity contribution in [1.29, 1.82) is 0 Å². The predicted molar refractivity (Wildman–Crippen MR) is 82.1 cm³/mol. The van der Waals surface area contributed by atoms with E-state index in [1.807, 2.05) is 37.3 Å². The zero-order chi connectivity index (χ0) is 14.1. The summed E-state index contributed by atoms with van der Waals surface area (Å²) < 4.78 is 13.4. The molecule has 4 heteroatoms. The molecule has 0 fully saturated rings. The van der Waals surface area contributed by atoms with E-state index in [1.54, 1.807) is 6.07 Å². The third kappa shape index (κ3) is 2.42. The van der Waals surface area contributed by atoms with Crippen LogP contribution in [-0.4, -0.2) is 4.98 Å². The van der Waals surface area contributed by atoms with Crippen LogP contribution >= 0.6 is 11.3 Å². The number of anilines is 1. The Balaban J connectivity index is 2.15. The van der Waals surface area contributed by atoms with Crippen LogP contribution in [0.2, 0.25) is 0 Å². The molecule has 1 heterocycles. The van der Waals surface area contributed by atoms with Gasteiger partial charge in [0.1, 0.15) is 5.82 Å². The molecule has 0 bridgehead atoms. The highest BCUT2D eigenvalue weighted by atomic mass is 32.1. The summed E-state index contributed by atoms with van der Waals surface area (Å²) >= 11 is 1.38. The number of halogens is 1. The Morgan fingerprint density at radius 1 is 1.05 bits per heavy atom. The molecule has 0 radical (unpaired) electrons. The van der Waals surface area contributed by atoms with Gasteiger partial charge >= 0.3 is 0 Å². The van der Waals surface area contributed by atoms with Gasteiger partial charge < -0.3 is 5.73 Å². The Kier molecular flexibility index (Phi) is 3.24. The van der Waals surface area contributed by atoms with Crippen LogP contribution in [0.25, 0.3) is 21.7 Å². The van der Waals surface area contributed by atoms with Crippen molar-refractivity contribution in [2.75, 3.05) is 5.73 Å². The van der Waals surface area contributed by atoms with Crippen LogP contribution in [0.15, 0.2) is 48.5 Å². The topological polar surface area (TPSA) is 38.9 Å². The maximum Gasteiger partial charge on any atom is 0.181 e. The maximum absolute atomic E-state index is 13.4. The van der Waals surface area contributed by atoms with E-state index in [9.17, 15) is 4.39 Å². The van der Waals surface area contributed by atoms with Crippen molar-refractivity contribution in [1.82, 2.24) is 4.98 Å². The molecule has 0 aliphatic rings. The number of nitrogen functional groups attached to an aromatic ring is 1. The lowest BCUT2D eigenvalue weighted by Crippen LogP contribution is -1.85. The minimum absolute atomic E-state index is 0.260. The van der Waals surface area contributed by atoms with Crippen molar-refractivity contribution in [3.8, 4) is 21.7 Å². The maximum atomic E-state index is 13.4. The quantitative estimate of drug-likeness (QED) is 0.752. The molecule has 0 saturated carbocycles. The van der Waals surface area contributed by atoms with Crippen molar-refractivity contribution < 1.29 is 4.39 Å². The first-order valence-corrected chi connectivity index (χ1v) is 7.04. The molecule has 0 aliphatic carbocycles. The van der Waals surface area contributed by atoms with E-state index < -0.39 is 0 Å². The normalized spacial score (nSPS) is 10.7. The minimum atomic E-state index is -0.260. The first kappa shape index (κ1) is 12.8. The summed E-state index contributed by atoms with van der Waals surface area (Å²) in [4.78, 5) is 5.28. The molecule has 2 aromatic carbocycles. The number of thiazole rings is 1. The Morgan fingerprint density at radius 2 is 1.80 bits per heavy atom. The van der Waals surface area contributed by atoms with Gasteiger partial charge in [-0.15, -0.1) is 0 Å². The van der Waals surface area contributed by atoms with Gasteiger partial charge in [-0.25, -0.2) is 9.37 Å². The van der Waals surface area contributed by atoms with Gasteiger partial charge in [-0.2, -0.15) is 0 Å². The fraction of sp³-hybridized carbons (Fsp3) is 0.0625. The number of nitrogens with zero attached hydrogens (tertiary/aromatic N) is 1. The van der Waals surface area contributed by atoms with Gasteiger partial charge in [0.2, 0.25) is 0 Å². The van der Waals surface area contributed by atoms with Crippen molar-refractivity contribution in [3.63, 3.8) is 0 Å². The number of aromatic nitrogens is 1. The van der Waals surface area contributed by atoms with Gasteiger partial charge in [-0.1, -0.05) is 53.3 Å². The third-order valence-corrected chi connectivity index (χ3v) is 3.99. The highest BCUT2D eigenvalue weighted by molar-refractivity contribution is 7.19. The van der Waals surface area contributed by atoms with Crippen LogP contribution in [0, 0.1) is 12.7 Å². The van der Waals surface area contributed by atoms with E-state index in [4.69, 9.17) is 5.73 Å². The van der Waals surface area contributed by atoms with Crippen LogP contribution in [0.5, 0.6) is 0 Å². The first-order valence-electron chi connectivity index (χ1n) is 6.23. The fourth-order valence-corrected chi connectivity index (χ4v) is 2.92. The number of hydrogen-bond donors (Lipinski definition) is 1. The van der Waals surface area contributed by atoms with Crippen LogP contribution in [-0.2, 0) is 0 Å². The van der Waals surface area contributed by atoms with Crippen LogP contribution in [0.1, 0.15) is 5.56 Å². The van der Waals surface area contributed by atoms with Crippen LogP contribution in [0.4, 0.5) is 9.52 Å². The molecular weight excluding hydrogens is 271 g/mol. The summed E-state index contributed by atoms with van der Waals surface area (Å²) in [5, 5.41) is 0.486. The van der Waals surface area contributed by atoms with E-state index in [-0.39, 0.29) is 5.82 Å². The Hall–Kier alpha value is -2.20. The first-order chi connectivity index (χ1) is 9.63. The molecule has 0 saturated heterocycles. The van der Waals surface area contributed by atoms with Gasteiger partial charge in [0.15, 0.2) is 5.13 Å². The Morgan fingerprint density at radius 3 is 2.50 bits per heavy atom. The number of hydrogen-bond acceptors (Lipinski definition) is 3. The molecule has 0 spiro atoms. The lowest BCUT2D eigenvalue weighted by atomic mass is 10.1. The standard InChI is InChI=1S/C16H13FN2S/c1-10-5-7-11(8-6-10)14-15(20-16(18)19-14)12-3-2-4-13(17)9-12/h2-9H,1H3,(H2,18,19). The van der Waals surface area contributed by atoms with Crippen molar-refractivity contribution >= 4 is 16.5 Å². The average Bonchev–Trinajstić information content (AvgIpc) is 2.82. The molecule has 0 aliphatic heterocycles. The summed E-state index contributed by atoms with van der Waals surface area (Å²) in [6, 6.07) is 14.6. The van der Waals surface area contributed by atoms with Gasteiger partial charge in [-0.3, -0.25) is 0 Å². The highest BCUT2D eigenvalue weighted by Gasteiger charge is 2.14. The van der Waals surface area contributed by atoms with Gasteiger partial charge in [0, 0.05) is 5.56 Å². The van der Waals surface area contributed by atoms with E-state index in [0.29, 0.717) is 5.13 Å². The smallest absolute Gasteiger partial charge is 0.181 e. The summed E-state index contributed by atoms with van der Waals surface area (Å²) in [5.74, 6) is -0.260. The van der Waals surface area contributed by atoms with Crippen molar-refractivity contribution in [3.05, 3.63) is 59.9 Å². The summed E-state index contributed by atoms with van der Waals surface area (Å²) in [5.41, 5.74) is 9.61. The molecule has 1 aromatic heterocycles. The second-order valence-corrected chi connectivity index (χ2v) is 5.64. The van der Waals surface area contributed by atoms with E-state index in [1.165, 1.54) is 29.0 Å². The summed E-state index contributed by atoms with van der Waals surface area (Å²) in [6.07, 6.45) is 0. The minimum Gasteiger partial charge on any atom is -0.375 e. The second-order valence-electron chi connectivity index (χ2n) is 4.61. The summed E-state index contributed by atoms with van der Waals surface area (Å²) in [6.45, 7) is 2.03. The van der Waals surface area contributed by atoms with Crippen molar-refractivity contribution in [2.24, 2.45) is 0 Å². The number of benzene rings is 2. The molecule has 20 heavy (non-hydrogen) atoms. The molecule has 100 valence electrons. The van der Waals surface area contributed by atoms with E-state index in [0.717, 1.165) is 21.7 Å². The number of rotatable bonds is 2. The molecule has 2 N–H and O–H groups in total. The number of nitrogens with two attached hydrogens (primary N) is 1. The zero-order valence-electron chi connectivity index (χ0n) is 10.9. The fourth-order valence-electron chi connectivity index (χ4n) is 2.07.